The number of para-hydroxylation sites is 1. The Morgan fingerprint density at radius 3 is 2.39 bits per heavy atom. The van der Waals surface area contributed by atoms with Crippen LogP contribution in [0.1, 0.15) is 0 Å². The van der Waals surface area contributed by atoms with Crippen molar-refractivity contribution >= 4 is 40.3 Å². The van der Waals surface area contributed by atoms with Crippen LogP contribution in [0.4, 0.5) is 11.4 Å². The Balaban J connectivity index is 1.85. The number of halogens is 1. The van der Waals surface area contributed by atoms with E-state index in [9.17, 15) is 0 Å². The van der Waals surface area contributed by atoms with Crippen LogP contribution >= 0.6 is 23.8 Å². The summed E-state index contributed by atoms with van der Waals surface area (Å²) < 4.78 is 0. The molecule has 0 aromatic heterocycles. The summed E-state index contributed by atoms with van der Waals surface area (Å²) in [6.45, 7) is 0. The van der Waals surface area contributed by atoms with Crippen molar-refractivity contribution < 1.29 is 0 Å². The molecule has 0 aliphatic carbocycles. The van der Waals surface area contributed by atoms with Crippen LogP contribution in [0.5, 0.6) is 0 Å². The zero-order valence-electron chi connectivity index (χ0n) is 9.48. The van der Waals surface area contributed by atoms with E-state index >= 15 is 0 Å². The predicted octanol–water partition coefficient (Wildman–Crippen LogP) is 3.65. The maximum absolute atomic E-state index is 5.87. The smallest absolute Gasteiger partial charge is 0.189 e. The molecule has 0 aliphatic heterocycles. The standard InChI is InChI=1S/C13H12ClN3S/c14-10-5-4-8-12(9-10)16-17-13(18)15-11-6-2-1-3-7-11/h1-9,16H,(H2,15,17,18). The second-order valence-corrected chi connectivity index (χ2v) is 4.43. The van der Waals surface area contributed by atoms with Crippen LogP contribution in [0.3, 0.4) is 0 Å². The predicted molar refractivity (Wildman–Crippen MR) is 80.9 cm³/mol. The Kier molecular flexibility index (Phi) is 4.39. The zero-order chi connectivity index (χ0) is 12.8. The van der Waals surface area contributed by atoms with Crippen LogP contribution in [-0.2, 0) is 0 Å². The van der Waals surface area contributed by atoms with E-state index in [-0.39, 0.29) is 0 Å². The van der Waals surface area contributed by atoms with Crippen molar-refractivity contribution in [2.45, 2.75) is 0 Å². The summed E-state index contributed by atoms with van der Waals surface area (Å²) in [6.07, 6.45) is 0. The van der Waals surface area contributed by atoms with E-state index in [0.717, 1.165) is 11.4 Å². The van der Waals surface area contributed by atoms with Crippen molar-refractivity contribution in [3.05, 3.63) is 59.6 Å². The van der Waals surface area contributed by atoms with E-state index in [1.54, 1.807) is 6.07 Å². The molecule has 0 fully saturated rings. The molecule has 0 saturated carbocycles. The van der Waals surface area contributed by atoms with Crippen molar-refractivity contribution in [1.82, 2.24) is 5.43 Å². The van der Waals surface area contributed by atoms with E-state index in [4.69, 9.17) is 23.8 Å². The van der Waals surface area contributed by atoms with Gasteiger partial charge in [-0.1, -0.05) is 35.9 Å². The Hall–Kier alpha value is -1.78. The third-order valence-electron chi connectivity index (χ3n) is 2.18. The third-order valence-corrected chi connectivity index (χ3v) is 2.62. The molecule has 0 saturated heterocycles. The first-order valence-corrected chi connectivity index (χ1v) is 6.16. The van der Waals surface area contributed by atoms with Crippen LogP contribution in [0.15, 0.2) is 54.6 Å². The van der Waals surface area contributed by atoms with E-state index in [1.165, 1.54) is 0 Å². The molecule has 0 atom stereocenters. The molecule has 0 amide bonds. The summed E-state index contributed by atoms with van der Waals surface area (Å²) in [7, 11) is 0. The highest BCUT2D eigenvalue weighted by molar-refractivity contribution is 7.80. The number of thiocarbonyl (C=S) groups is 1. The Morgan fingerprint density at radius 2 is 1.67 bits per heavy atom. The second kappa shape index (κ2) is 6.23. The van der Waals surface area contributed by atoms with Crippen LogP contribution < -0.4 is 16.2 Å². The summed E-state index contributed by atoms with van der Waals surface area (Å²) >= 11 is 11.0. The van der Waals surface area contributed by atoms with Crippen LogP contribution in [0.2, 0.25) is 5.02 Å². The largest absolute Gasteiger partial charge is 0.331 e. The lowest BCUT2D eigenvalue weighted by atomic mass is 10.3. The van der Waals surface area contributed by atoms with Crippen molar-refractivity contribution in [3.8, 4) is 0 Å². The highest BCUT2D eigenvalue weighted by Gasteiger charge is 1.97. The van der Waals surface area contributed by atoms with Gasteiger partial charge < -0.3 is 5.32 Å². The lowest BCUT2D eigenvalue weighted by Crippen LogP contribution is -2.33. The summed E-state index contributed by atoms with van der Waals surface area (Å²) in [5, 5.41) is 4.21. The molecule has 3 N–H and O–H groups in total. The lowest BCUT2D eigenvalue weighted by Gasteiger charge is -2.12. The summed E-state index contributed by atoms with van der Waals surface area (Å²) in [5.41, 5.74) is 7.63. The van der Waals surface area contributed by atoms with Gasteiger partial charge in [-0.05, 0) is 42.5 Å². The normalized spacial score (nSPS) is 9.61. The van der Waals surface area contributed by atoms with Crippen molar-refractivity contribution in [1.29, 1.82) is 0 Å². The number of benzene rings is 2. The number of hydrogen-bond donors (Lipinski definition) is 3. The Labute approximate surface area is 116 Å². The van der Waals surface area contributed by atoms with Gasteiger partial charge in [-0.15, -0.1) is 0 Å². The molecule has 0 unspecified atom stereocenters. The van der Waals surface area contributed by atoms with Gasteiger partial charge in [-0.25, -0.2) is 0 Å². The van der Waals surface area contributed by atoms with Crippen LogP contribution in [0.25, 0.3) is 0 Å². The number of nitrogens with one attached hydrogen (secondary N) is 3. The van der Waals surface area contributed by atoms with Crippen molar-refractivity contribution in [2.24, 2.45) is 0 Å². The summed E-state index contributed by atoms with van der Waals surface area (Å²) in [4.78, 5) is 0. The molecule has 0 radical (unpaired) electrons. The molecule has 0 heterocycles. The van der Waals surface area contributed by atoms with Gasteiger partial charge in [0.05, 0.1) is 5.69 Å². The van der Waals surface area contributed by atoms with E-state index < -0.39 is 0 Å². The maximum atomic E-state index is 5.87. The molecule has 92 valence electrons. The molecule has 2 aromatic carbocycles. The zero-order valence-corrected chi connectivity index (χ0v) is 11.1. The minimum atomic E-state index is 0.487. The monoisotopic (exact) mass is 277 g/mol. The summed E-state index contributed by atoms with van der Waals surface area (Å²) in [5.74, 6) is 0. The molecular formula is C13H12ClN3S. The van der Waals surface area contributed by atoms with E-state index in [0.29, 0.717) is 10.1 Å². The average Bonchev–Trinajstić information content (AvgIpc) is 2.38. The molecule has 18 heavy (non-hydrogen) atoms. The number of hydrazine groups is 1. The van der Waals surface area contributed by atoms with Crippen molar-refractivity contribution in [2.75, 3.05) is 10.7 Å². The number of rotatable bonds is 3. The first-order chi connectivity index (χ1) is 8.74. The first-order valence-electron chi connectivity index (χ1n) is 5.38. The number of hydrogen-bond acceptors (Lipinski definition) is 2. The van der Waals surface area contributed by atoms with Crippen LogP contribution in [-0.4, -0.2) is 5.11 Å². The van der Waals surface area contributed by atoms with E-state index in [2.05, 4.69) is 16.2 Å². The molecule has 2 aromatic rings. The molecule has 3 nitrogen and oxygen atoms in total. The fourth-order valence-corrected chi connectivity index (χ4v) is 1.74. The van der Waals surface area contributed by atoms with Gasteiger partial charge in [0.15, 0.2) is 5.11 Å². The molecule has 5 heteroatoms. The van der Waals surface area contributed by atoms with Gasteiger partial charge >= 0.3 is 0 Å². The Morgan fingerprint density at radius 1 is 0.944 bits per heavy atom. The first kappa shape index (κ1) is 12.7. The molecule has 0 aliphatic rings. The SMILES string of the molecule is S=C(NNc1cccc(Cl)c1)Nc1ccccc1. The van der Waals surface area contributed by atoms with Crippen molar-refractivity contribution in [3.63, 3.8) is 0 Å². The van der Waals surface area contributed by atoms with E-state index in [1.807, 2.05) is 48.5 Å². The van der Waals surface area contributed by atoms with Gasteiger partial charge in [0, 0.05) is 10.7 Å². The minimum absolute atomic E-state index is 0.487. The molecule has 0 spiro atoms. The fourth-order valence-electron chi connectivity index (χ4n) is 1.38. The number of anilines is 2. The quantitative estimate of drug-likeness (QED) is 0.591. The fraction of sp³-hybridized carbons (Fsp3) is 0. The highest BCUT2D eigenvalue weighted by atomic mass is 35.5. The van der Waals surface area contributed by atoms with Gasteiger partial charge in [0.25, 0.3) is 0 Å². The second-order valence-electron chi connectivity index (χ2n) is 3.58. The maximum Gasteiger partial charge on any atom is 0.189 e. The van der Waals surface area contributed by atoms with Gasteiger partial charge in [0.1, 0.15) is 0 Å². The highest BCUT2D eigenvalue weighted by Crippen LogP contribution is 2.13. The van der Waals surface area contributed by atoms with Gasteiger partial charge in [0.2, 0.25) is 0 Å². The third kappa shape index (κ3) is 3.91. The average molecular weight is 278 g/mol. The topological polar surface area (TPSA) is 36.1 Å². The summed E-state index contributed by atoms with van der Waals surface area (Å²) in [6, 6.07) is 17.1. The molecule has 0 bridgehead atoms. The van der Waals surface area contributed by atoms with Crippen LogP contribution in [0, 0.1) is 0 Å². The van der Waals surface area contributed by atoms with Gasteiger partial charge in [-0.3, -0.25) is 10.9 Å². The minimum Gasteiger partial charge on any atom is -0.331 e. The molecule has 2 rings (SSSR count). The lowest BCUT2D eigenvalue weighted by molar-refractivity contribution is 1.14. The molecular weight excluding hydrogens is 266 g/mol. The van der Waals surface area contributed by atoms with Gasteiger partial charge in [-0.2, -0.15) is 0 Å². The Bertz CT molecular complexity index is 531.